The molecule has 2 heterocycles. The molecule has 0 saturated carbocycles. The Kier molecular flexibility index (Phi) is 18.6. The van der Waals surface area contributed by atoms with E-state index in [9.17, 15) is 0 Å². The topological polar surface area (TPSA) is 16.3 Å². The Morgan fingerprint density at radius 3 is 0.688 bits per heavy atom. The summed E-state index contributed by atoms with van der Waals surface area (Å²) in [5.41, 5.74) is 28.1. The highest BCUT2D eigenvalue weighted by Crippen LogP contribution is 2.48. The van der Waals surface area contributed by atoms with Crippen molar-refractivity contribution in [3.63, 3.8) is 0 Å². The highest BCUT2D eigenvalue weighted by atomic mass is 15.1. The van der Waals surface area contributed by atoms with E-state index in [-0.39, 0.29) is 0 Å². The molecule has 2 aromatic heterocycles. The van der Waals surface area contributed by atoms with Crippen molar-refractivity contribution in [3.05, 3.63) is 497 Å². The maximum atomic E-state index is 2.40. The molecule has 4 heteroatoms. The lowest BCUT2D eigenvalue weighted by Crippen LogP contribution is -2.10. The van der Waals surface area contributed by atoms with Gasteiger partial charge in [-0.3, -0.25) is 0 Å². The number of benzene rings is 23. The number of rotatable bonds is 14. The Labute approximate surface area is 742 Å². The highest BCUT2D eigenvalue weighted by Gasteiger charge is 2.23. The first-order valence-electron chi connectivity index (χ1n) is 44.1. The quantitative estimate of drug-likeness (QED) is 0.101. The van der Waals surface area contributed by atoms with E-state index in [0.717, 1.165) is 45.5 Å². The first kappa shape index (κ1) is 74.9. The molecule has 4 nitrogen and oxygen atoms in total. The van der Waals surface area contributed by atoms with Crippen LogP contribution < -0.4 is 9.80 Å². The number of anilines is 6. The fourth-order valence-electron chi connectivity index (χ4n) is 20.0. The lowest BCUT2D eigenvalue weighted by atomic mass is 9.94. The van der Waals surface area contributed by atoms with Crippen LogP contribution in [-0.4, -0.2) is 9.13 Å². The van der Waals surface area contributed by atoms with Crippen LogP contribution in [0.4, 0.5) is 34.1 Å². The van der Waals surface area contributed by atoms with Crippen molar-refractivity contribution < 1.29 is 0 Å². The molecule has 0 N–H and O–H groups in total. The van der Waals surface area contributed by atoms with E-state index in [0.29, 0.717) is 0 Å². The molecule has 128 heavy (non-hydrogen) atoms. The predicted octanol–water partition coefficient (Wildman–Crippen LogP) is 34.6. The minimum atomic E-state index is 1.09. The molecule has 0 atom stereocenters. The van der Waals surface area contributed by atoms with Crippen LogP contribution in [0.1, 0.15) is 0 Å². The molecule has 0 aliphatic carbocycles. The molecule has 0 bridgehead atoms. The van der Waals surface area contributed by atoms with Crippen molar-refractivity contribution in [1.82, 2.24) is 9.13 Å². The third-order valence-corrected chi connectivity index (χ3v) is 26.1. The van der Waals surface area contributed by atoms with Gasteiger partial charge >= 0.3 is 0 Å². The molecule has 0 fully saturated rings. The lowest BCUT2D eigenvalue weighted by Gasteiger charge is -2.26. The Hall–Kier alpha value is -16.9. The zero-order chi connectivity index (χ0) is 84.5. The summed E-state index contributed by atoms with van der Waals surface area (Å²) in [5, 5.41) is 22.7. The Morgan fingerprint density at radius 2 is 0.352 bits per heavy atom. The summed E-state index contributed by atoms with van der Waals surface area (Å²) in [7, 11) is 0. The van der Waals surface area contributed by atoms with Crippen LogP contribution in [0.25, 0.3) is 197 Å². The van der Waals surface area contributed by atoms with E-state index in [1.54, 1.807) is 0 Å². The van der Waals surface area contributed by atoms with Crippen molar-refractivity contribution in [2.45, 2.75) is 0 Å². The lowest BCUT2D eigenvalue weighted by molar-refractivity contribution is 1.18. The summed E-state index contributed by atoms with van der Waals surface area (Å²) in [6, 6.07) is 182. The SMILES string of the molecule is c1ccc(-c2ccc(N(c3ccc(-c4ccc5c(c4)c4cc(-c6cccc7ccccc67)ccc4n5-c4ccccc4)cc3)c3ccc4c5ccccc5c5ccccc5c4c3)cc2)cc1.c1ccc(-c2ccc(N(c3ccc(-c4ccc5c(c4)c4cc(-c6ccccc6)ccc4n5-c4ccccc4)cc3)c3ccc4c5ccccc5c5ccccc5c4c3)cc2)cc1. The van der Waals surface area contributed by atoms with E-state index in [1.165, 1.54) is 186 Å². The molecule has 0 amide bonds. The fourth-order valence-corrected chi connectivity index (χ4v) is 20.0. The molecular formula is C124H82N4. The molecule has 0 aliphatic rings. The zero-order valence-electron chi connectivity index (χ0n) is 70.1. The second-order valence-corrected chi connectivity index (χ2v) is 33.4. The number of para-hydroxylation sites is 2. The number of nitrogens with zero attached hydrogens (tertiary/aromatic N) is 4. The van der Waals surface area contributed by atoms with Crippen molar-refractivity contribution in [1.29, 1.82) is 0 Å². The Morgan fingerprint density at radius 1 is 0.125 bits per heavy atom. The summed E-state index contributed by atoms with van der Waals surface area (Å²) in [6.45, 7) is 0. The number of fused-ring (bicyclic) bond motifs is 19. The van der Waals surface area contributed by atoms with Gasteiger partial charge in [-0.1, -0.05) is 352 Å². The third-order valence-electron chi connectivity index (χ3n) is 26.1. The van der Waals surface area contributed by atoms with Crippen LogP contribution in [0.3, 0.4) is 0 Å². The minimum absolute atomic E-state index is 1.09. The van der Waals surface area contributed by atoms with Gasteiger partial charge in [-0.25, -0.2) is 0 Å². The maximum absolute atomic E-state index is 2.40. The highest BCUT2D eigenvalue weighted by molar-refractivity contribution is 6.27. The summed E-state index contributed by atoms with van der Waals surface area (Å²) in [5.74, 6) is 0. The average molecular weight is 1630 g/mol. The second kappa shape index (κ2) is 31.8. The van der Waals surface area contributed by atoms with Crippen LogP contribution >= 0.6 is 0 Å². The maximum Gasteiger partial charge on any atom is 0.0541 e. The van der Waals surface area contributed by atoms with Crippen molar-refractivity contribution in [2.75, 3.05) is 9.80 Å². The van der Waals surface area contributed by atoms with Crippen molar-refractivity contribution >= 4 is 153 Å². The van der Waals surface area contributed by atoms with Gasteiger partial charge in [-0.15, -0.1) is 0 Å². The molecule has 0 saturated heterocycles. The second-order valence-electron chi connectivity index (χ2n) is 33.4. The predicted molar refractivity (Wildman–Crippen MR) is 546 cm³/mol. The van der Waals surface area contributed by atoms with Crippen LogP contribution in [0, 0.1) is 0 Å². The van der Waals surface area contributed by atoms with Gasteiger partial charge in [-0.2, -0.15) is 0 Å². The molecule has 0 spiro atoms. The Balaban J connectivity index is 0.000000143. The molecular weight excluding hydrogens is 1550 g/mol. The van der Waals surface area contributed by atoms with Crippen LogP contribution in [0.15, 0.2) is 497 Å². The number of hydrogen-bond donors (Lipinski definition) is 0. The van der Waals surface area contributed by atoms with E-state index in [1.807, 2.05) is 0 Å². The van der Waals surface area contributed by atoms with E-state index >= 15 is 0 Å². The van der Waals surface area contributed by atoms with Gasteiger partial charge < -0.3 is 18.9 Å². The number of hydrogen-bond acceptors (Lipinski definition) is 2. The van der Waals surface area contributed by atoms with Crippen molar-refractivity contribution in [2.24, 2.45) is 0 Å². The van der Waals surface area contributed by atoms with Crippen LogP contribution in [0.5, 0.6) is 0 Å². The van der Waals surface area contributed by atoms with Crippen molar-refractivity contribution in [3.8, 4) is 78.1 Å². The average Bonchev–Trinajstić information content (AvgIpc) is 1.59. The smallest absolute Gasteiger partial charge is 0.0541 e. The molecule has 25 aromatic rings. The number of aromatic nitrogens is 2. The molecule has 25 rings (SSSR count). The van der Waals surface area contributed by atoms with Gasteiger partial charge in [-0.05, 0) is 288 Å². The van der Waals surface area contributed by atoms with E-state index < -0.39 is 0 Å². The minimum Gasteiger partial charge on any atom is -0.310 e. The van der Waals surface area contributed by atoms with E-state index in [4.69, 9.17) is 0 Å². The van der Waals surface area contributed by atoms with Gasteiger partial charge in [0.25, 0.3) is 0 Å². The van der Waals surface area contributed by atoms with Gasteiger partial charge in [0.2, 0.25) is 0 Å². The molecule has 0 aliphatic heterocycles. The molecule has 23 aromatic carbocycles. The summed E-state index contributed by atoms with van der Waals surface area (Å²) < 4.78 is 4.80. The van der Waals surface area contributed by atoms with E-state index in [2.05, 4.69) is 516 Å². The first-order valence-corrected chi connectivity index (χ1v) is 44.1. The fraction of sp³-hybridized carbons (Fsp3) is 0. The van der Waals surface area contributed by atoms with Gasteiger partial charge in [0.05, 0.1) is 22.1 Å². The summed E-state index contributed by atoms with van der Waals surface area (Å²) >= 11 is 0. The normalized spacial score (nSPS) is 11.6. The van der Waals surface area contributed by atoms with Gasteiger partial charge in [0.1, 0.15) is 0 Å². The zero-order valence-corrected chi connectivity index (χ0v) is 70.1. The standard InChI is InChI=1S/C64H42N2.C60H40N2/c1-3-14-43(15-4-1)44-26-32-50(33-27-44)65(52-36-37-59-57-23-10-9-21-55(57)56-22-11-12-24-58(56)60(59)42-52)51-34-28-45(29-35-51)47-30-38-63-61(40-47)62-41-48(54-25-13-17-46-16-7-8-20-53(46)54)31-39-64(62)66(63)49-18-5-2-6-19-49;1-4-14-41(15-5-1)43-24-30-48(31-25-43)61(50-34-35-55-53-22-11-10-20-51(53)52-21-12-13-23-54(52)56(55)40-50)49-32-26-44(27-33-49)46-29-37-60-58(39-46)57-38-45(42-16-6-2-7-17-42)28-36-59(57)62(60)47-18-8-3-9-19-47/h1-42H;1-40H. The third kappa shape index (κ3) is 13.3. The first-order chi connectivity index (χ1) is 63.5. The van der Waals surface area contributed by atoms with Gasteiger partial charge in [0.15, 0.2) is 0 Å². The van der Waals surface area contributed by atoms with Gasteiger partial charge in [0, 0.05) is 67.0 Å². The summed E-state index contributed by atoms with van der Waals surface area (Å²) in [4.78, 5) is 4.79. The molecule has 0 unspecified atom stereocenters. The largest absolute Gasteiger partial charge is 0.310 e. The van der Waals surface area contributed by atoms with Crippen LogP contribution in [-0.2, 0) is 0 Å². The molecule has 0 radical (unpaired) electrons. The summed E-state index contributed by atoms with van der Waals surface area (Å²) in [6.07, 6.45) is 0. The Bertz CT molecular complexity index is 8480. The molecule has 598 valence electrons. The monoisotopic (exact) mass is 1630 g/mol. The van der Waals surface area contributed by atoms with Crippen LogP contribution in [0.2, 0.25) is 0 Å².